The van der Waals surface area contributed by atoms with Crippen molar-refractivity contribution < 1.29 is 14.6 Å². The molecule has 0 spiro atoms. The number of aliphatic hydroxyl groups excluding tert-OH is 2. The maximum Gasteiger partial charge on any atom is 0.148 e. The van der Waals surface area contributed by atoms with E-state index in [-0.39, 0.29) is 13.1 Å². The first-order chi connectivity index (χ1) is 7.08. The fraction of sp³-hybridized carbons (Fsp3) is 0.400. The van der Waals surface area contributed by atoms with Crippen LogP contribution in [0, 0.1) is 5.82 Å². The van der Waals surface area contributed by atoms with Gasteiger partial charge in [-0.15, -0.1) is 0 Å². The van der Waals surface area contributed by atoms with Crippen molar-refractivity contribution >= 4 is 11.4 Å². The third-order valence-corrected chi connectivity index (χ3v) is 2.57. The number of nitrogens with zero attached hydrogens (tertiary/aromatic N) is 1. The van der Waals surface area contributed by atoms with Crippen molar-refractivity contribution in [3.05, 3.63) is 24.0 Å². The summed E-state index contributed by atoms with van der Waals surface area (Å²) in [4.78, 5) is 1.60. The number of anilines is 2. The number of halogens is 1. The van der Waals surface area contributed by atoms with Gasteiger partial charge in [0.05, 0.1) is 17.9 Å². The normalized spacial score (nSPS) is 25.9. The number of hydrogen-bond donors (Lipinski definition) is 3. The Bertz CT molecular complexity index is 362. The van der Waals surface area contributed by atoms with Gasteiger partial charge in [0.15, 0.2) is 0 Å². The van der Waals surface area contributed by atoms with E-state index in [1.54, 1.807) is 17.0 Å². The van der Waals surface area contributed by atoms with Gasteiger partial charge in [-0.25, -0.2) is 4.39 Å². The topological polar surface area (TPSA) is 69.7 Å². The van der Waals surface area contributed by atoms with Crippen LogP contribution in [-0.4, -0.2) is 35.5 Å². The molecule has 1 aliphatic heterocycles. The third kappa shape index (κ3) is 1.88. The first-order valence-corrected chi connectivity index (χ1v) is 4.74. The molecule has 15 heavy (non-hydrogen) atoms. The second kappa shape index (κ2) is 3.67. The largest absolute Gasteiger partial charge is 0.399 e. The van der Waals surface area contributed by atoms with E-state index in [1.165, 1.54) is 6.07 Å². The standard InChI is InChI=1S/C10H13FN2O2/c11-7-3-6(12)1-2-8(7)13-4-9(14)10(15)5-13/h1-3,9-10,14-15H,4-5,12H2. The van der Waals surface area contributed by atoms with Crippen LogP contribution in [-0.2, 0) is 0 Å². The Labute approximate surface area is 86.7 Å². The quantitative estimate of drug-likeness (QED) is 0.571. The molecule has 0 saturated carbocycles. The number of nitrogen functional groups attached to an aromatic ring is 1. The number of nitrogens with two attached hydrogens (primary N) is 1. The number of aliphatic hydroxyl groups is 2. The SMILES string of the molecule is Nc1ccc(N2CC(O)C(O)C2)c(F)c1. The molecule has 0 radical (unpaired) electrons. The molecule has 2 rings (SSSR count). The molecule has 4 N–H and O–H groups in total. The van der Waals surface area contributed by atoms with Gasteiger partial charge in [-0.2, -0.15) is 0 Å². The number of hydrogen-bond acceptors (Lipinski definition) is 4. The van der Waals surface area contributed by atoms with Crippen LogP contribution in [0.1, 0.15) is 0 Å². The van der Waals surface area contributed by atoms with Crippen molar-refractivity contribution in [1.29, 1.82) is 0 Å². The molecule has 1 aromatic carbocycles. The van der Waals surface area contributed by atoms with Crippen LogP contribution in [0.4, 0.5) is 15.8 Å². The van der Waals surface area contributed by atoms with Crippen LogP contribution < -0.4 is 10.6 Å². The number of benzene rings is 1. The highest BCUT2D eigenvalue weighted by Crippen LogP contribution is 2.25. The molecule has 0 amide bonds. The highest BCUT2D eigenvalue weighted by atomic mass is 19.1. The molecular formula is C10H13FN2O2. The van der Waals surface area contributed by atoms with Gasteiger partial charge < -0.3 is 20.8 Å². The van der Waals surface area contributed by atoms with Gasteiger partial charge >= 0.3 is 0 Å². The van der Waals surface area contributed by atoms with Gasteiger partial charge in [0, 0.05) is 18.8 Å². The third-order valence-electron chi connectivity index (χ3n) is 2.57. The molecular weight excluding hydrogens is 199 g/mol. The Morgan fingerprint density at radius 2 is 1.87 bits per heavy atom. The zero-order valence-electron chi connectivity index (χ0n) is 8.10. The average molecular weight is 212 g/mol. The maximum absolute atomic E-state index is 13.5. The van der Waals surface area contributed by atoms with Gasteiger partial charge in [0.1, 0.15) is 5.82 Å². The van der Waals surface area contributed by atoms with Gasteiger partial charge in [0.25, 0.3) is 0 Å². The van der Waals surface area contributed by atoms with E-state index in [4.69, 9.17) is 5.73 Å². The maximum atomic E-state index is 13.5. The van der Waals surface area contributed by atoms with Gasteiger partial charge in [-0.1, -0.05) is 0 Å². The summed E-state index contributed by atoms with van der Waals surface area (Å²) in [5, 5.41) is 18.7. The van der Waals surface area contributed by atoms with Crippen LogP contribution in [0.15, 0.2) is 18.2 Å². The molecule has 2 unspecified atom stereocenters. The minimum atomic E-state index is -0.818. The van der Waals surface area contributed by atoms with Crippen molar-refractivity contribution in [3.63, 3.8) is 0 Å². The average Bonchev–Trinajstić information content (AvgIpc) is 2.46. The molecule has 1 fully saturated rings. The molecule has 1 saturated heterocycles. The van der Waals surface area contributed by atoms with Crippen LogP contribution in [0.25, 0.3) is 0 Å². The Kier molecular flexibility index (Phi) is 2.50. The Morgan fingerprint density at radius 3 is 2.40 bits per heavy atom. The van der Waals surface area contributed by atoms with E-state index in [2.05, 4.69) is 0 Å². The van der Waals surface area contributed by atoms with Gasteiger partial charge in [-0.05, 0) is 18.2 Å². The minimum Gasteiger partial charge on any atom is -0.399 e. The molecule has 82 valence electrons. The van der Waals surface area contributed by atoms with Crippen molar-refractivity contribution in [2.45, 2.75) is 12.2 Å². The van der Waals surface area contributed by atoms with Crippen LogP contribution in [0.5, 0.6) is 0 Å². The summed E-state index contributed by atoms with van der Waals surface area (Å²) in [6, 6.07) is 4.37. The molecule has 5 heteroatoms. The molecule has 0 bridgehead atoms. The summed E-state index contributed by atoms with van der Waals surface area (Å²) < 4.78 is 13.5. The summed E-state index contributed by atoms with van der Waals surface area (Å²) >= 11 is 0. The van der Waals surface area contributed by atoms with Crippen molar-refractivity contribution in [2.75, 3.05) is 23.7 Å². The smallest absolute Gasteiger partial charge is 0.148 e. The predicted octanol–water partition coefficient (Wildman–Crippen LogP) is -0.0503. The lowest BCUT2D eigenvalue weighted by Crippen LogP contribution is -2.22. The van der Waals surface area contributed by atoms with Crippen LogP contribution in [0.3, 0.4) is 0 Å². The fourth-order valence-corrected chi connectivity index (χ4v) is 1.75. The van der Waals surface area contributed by atoms with E-state index in [1.807, 2.05) is 0 Å². The lowest BCUT2D eigenvalue weighted by molar-refractivity contribution is 0.0572. The lowest BCUT2D eigenvalue weighted by atomic mass is 10.2. The molecule has 1 aliphatic rings. The second-order valence-electron chi connectivity index (χ2n) is 3.75. The molecule has 1 heterocycles. The fourth-order valence-electron chi connectivity index (χ4n) is 1.75. The molecule has 4 nitrogen and oxygen atoms in total. The zero-order valence-corrected chi connectivity index (χ0v) is 8.10. The van der Waals surface area contributed by atoms with E-state index in [0.29, 0.717) is 11.4 Å². The summed E-state index contributed by atoms with van der Waals surface area (Å²) in [5.41, 5.74) is 6.14. The molecule has 1 aromatic rings. The second-order valence-corrected chi connectivity index (χ2v) is 3.75. The van der Waals surface area contributed by atoms with Crippen molar-refractivity contribution in [3.8, 4) is 0 Å². The predicted molar refractivity (Wildman–Crippen MR) is 55.0 cm³/mol. The summed E-state index contributed by atoms with van der Waals surface area (Å²) in [6.07, 6.45) is -1.64. The highest BCUT2D eigenvalue weighted by Gasteiger charge is 2.30. The summed E-state index contributed by atoms with van der Waals surface area (Å²) in [6.45, 7) is 0.476. The molecule has 2 atom stereocenters. The van der Waals surface area contributed by atoms with Crippen LogP contribution >= 0.6 is 0 Å². The number of rotatable bonds is 1. The highest BCUT2D eigenvalue weighted by molar-refractivity contribution is 5.55. The van der Waals surface area contributed by atoms with E-state index >= 15 is 0 Å². The van der Waals surface area contributed by atoms with Gasteiger partial charge in [-0.3, -0.25) is 0 Å². The Hall–Kier alpha value is -1.33. The first kappa shape index (κ1) is 10.2. The van der Waals surface area contributed by atoms with Gasteiger partial charge in [0.2, 0.25) is 0 Å². The lowest BCUT2D eigenvalue weighted by Gasteiger charge is -2.18. The Morgan fingerprint density at radius 1 is 1.27 bits per heavy atom. The van der Waals surface area contributed by atoms with E-state index < -0.39 is 18.0 Å². The minimum absolute atomic E-state index is 0.238. The van der Waals surface area contributed by atoms with E-state index in [9.17, 15) is 14.6 Å². The van der Waals surface area contributed by atoms with Crippen molar-refractivity contribution in [1.82, 2.24) is 0 Å². The monoisotopic (exact) mass is 212 g/mol. The number of β-amino-alcohol motifs (C(OH)–C–C–N with tert-alkyl or cyclic N) is 2. The van der Waals surface area contributed by atoms with Crippen LogP contribution in [0.2, 0.25) is 0 Å². The zero-order chi connectivity index (χ0) is 11.0. The first-order valence-electron chi connectivity index (χ1n) is 4.74. The summed E-state index contributed by atoms with van der Waals surface area (Å²) in [5.74, 6) is -0.434. The van der Waals surface area contributed by atoms with E-state index in [0.717, 1.165) is 0 Å². The van der Waals surface area contributed by atoms with Crippen molar-refractivity contribution in [2.24, 2.45) is 0 Å². The Balaban J connectivity index is 2.24. The molecule has 0 aromatic heterocycles. The molecule has 0 aliphatic carbocycles. The summed E-state index contributed by atoms with van der Waals surface area (Å²) in [7, 11) is 0.